The molecular weight excluding hydrogens is 262 g/mol. The Morgan fingerprint density at radius 1 is 1.10 bits per heavy atom. The van der Waals surface area contributed by atoms with Gasteiger partial charge in [-0.25, -0.2) is 4.79 Å². The highest BCUT2D eigenvalue weighted by Gasteiger charge is 2.22. The first-order valence-electron chi connectivity index (χ1n) is 6.19. The van der Waals surface area contributed by atoms with Crippen molar-refractivity contribution in [2.45, 2.75) is 25.8 Å². The molecule has 1 rings (SSSR count). The van der Waals surface area contributed by atoms with E-state index in [1.807, 2.05) is 0 Å². The van der Waals surface area contributed by atoms with Gasteiger partial charge in [0.05, 0.1) is 0 Å². The number of carbonyl (C=O) groups excluding carboxylic acids is 1. The van der Waals surface area contributed by atoms with Crippen LogP contribution in [0.4, 0.5) is 0 Å². The number of carboxylic acids is 2. The van der Waals surface area contributed by atoms with Crippen LogP contribution < -0.4 is 5.32 Å². The number of hydrogen-bond donors (Lipinski definition) is 3. The summed E-state index contributed by atoms with van der Waals surface area (Å²) in [6.07, 6.45) is -0.153. The summed E-state index contributed by atoms with van der Waals surface area (Å²) in [7, 11) is 0. The number of hydrogen-bond acceptors (Lipinski definition) is 3. The molecule has 0 fully saturated rings. The predicted octanol–water partition coefficient (Wildman–Crippen LogP) is 1.43. The van der Waals surface area contributed by atoms with Crippen molar-refractivity contribution >= 4 is 17.8 Å². The van der Waals surface area contributed by atoms with E-state index in [-0.39, 0.29) is 18.8 Å². The summed E-state index contributed by atoms with van der Waals surface area (Å²) in [6.45, 7) is 1.63. The quantitative estimate of drug-likeness (QED) is 0.700. The highest BCUT2D eigenvalue weighted by Crippen LogP contribution is 2.14. The first kappa shape index (κ1) is 15.7. The van der Waals surface area contributed by atoms with Crippen LogP contribution in [0.2, 0.25) is 0 Å². The van der Waals surface area contributed by atoms with Gasteiger partial charge in [-0.15, -0.1) is 0 Å². The molecule has 0 aliphatic heterocycles. The Kier molecular flexibility index (Phi) is 5.71. The second-order valence-corrected chi connectivity index (χ2v) is 4.66. The van der Waals surface area contributed by atoms with E-state index in [2.05, 4.69) is 5.32 Å². The Morgan fingerprint density at radius 3 is 2.20 bits per heavy atom. The van der Waals surface area contributed by atoms with Crippen LogP contribution in [0.1, 0.15) is 31.4 Å². The van der Waals surface area contributed by atoms with Crippen molar-refractivity contribution < 1.29 is 24.6 Å². The molecule has 0 spiro atoms. The van der Waals surface area contributed by atoms with Crippen molar-refractivity contribution in [3.63, 3.8) is 0 Å². The van der Waals surface area contributed by atoms with Crippen LogP contribution in [0.25, 0.3) is 0 Å². The number of amides is 1. The predicted molar refractivity (Wildman–Crippen MR) is 71.0 cm³/mol. The lowest BCUT2D eigenvalue weighted by molar-refractivity contribution is -0.142. The maximum absolute atomic E-state index is 11.8. The lowest BCUT2D eigenvalue weighted by atomic mass is 10.0. The number of nitrogens with one attached hydrogen (secondary N) is 1. The van der Waals surface area contributed by atoms with Crippen molar-refractivity contribution in [1.29, 1.82) is 0 Å². The van der Waals surface area contributed by atoms with E-state index < -0.39 is 23.9 Å². The Bertz CT molecular complexity index is 486. The molecule has 1 amide bonds. The van der Waals surface area contributed by atoms with Gasteiger partial charge in [0, 0.05) is 12.8 Å². The van der Waals surface area contributed by atoms with Crippen molar-refractivity contribution in [2.24, 2.45) is 5.92 Å². The Labute approximate surface area is 116 Å². The van der Waals surface area contributed by atoms with Gasteiger partial charge in [-0.1, -0.05) is 37.3 Å². The Morgan fingerprint density at radius 2 is 1.70 bits per heavy atom. The normalized spacial score (nSPS) is 13.2. The van der Waals surface area contributed by atoms with Crippen molar-refractivity contribution in [2.75, 3.05) is 0 Å². The summed E-state index contributed by atoms with van der Waals surface area (Å²) in [4.78, 5) is 33.5. The fourth-order valence-corrected chi connectivity index (χ4v) is 1.84. The van der Waals surface area contributed by atoms with Gasteiger partial charge in [-0.05, 0) is 11.5 Å². The molecule has 0 aromatic heterocycles. The third-order valence-electron chi connectivity index (χ3n) is 2.74. The summed E-state index contributed by atoms with van der Waals surface area (Å²) < 4.78 is 0. The lowest BCUT2D eigenvalue weighted by Gasteiger charge is -2.16. The standard InChI is InChI=1S/C14H17NO5/c1-9(8-12(17)18)7-11(16)15-13(14(19)20)10-5-3-2-4-6-10/h2-6,9,13H,7-8H2,1H3,(H,15,16)(H,17,18)(H,19,20). The third-order valence-corrected chi connectivity index (χ3v) is 2.74. The molecule has 0 heterocycles. The van der Waals surface area contributed by atoms with Crippen LogP contribution in [0.3, 0.4) is 0 Å². The van der Waals surface area contributed by atoms with Gasteiger partial charge in [0.2, 0.25) is 5.91 Å². The Balaban J connectivity index is 2.65. The van der Waals surface area contributed by atoms with E-state index in [9.17, 15) is 14.4 Å². The number of carboxylic acid groups (broad SMARTS) is 2. The smallest absolute Gasteiger partial charge is 0.330 e. The fraction of sp³-hybridized carbons (Fsp3) is 0.357. The molecule has 0 saturated heterocycles. The van der Waals surface area contributed by atoms with Crippen LogP contribution in [-0.2, 0) is 14.4 Å². The zero-order valence-corrected chi connectivity index (χ0v) is 11.1. The van der Waals surface area contributed by atoms with Gasteiger partial charge in [-0.2, -0.15) is 0 Å². The van der Waals surface area contributed by atoms with Crippen LogP contribution in [0.5, 0.6) is 0 Å². The topological polar surface area (TPSA) is 104 Å². The molecule has 0 aliphatic rings. The second kappa shape index (κ2) is 7.28. The minimum absolute atomic E-state index is 0.0249. The Hall–Kier alpha value is -2.37. The summed E-state index contributed by atoms with van der Waals surface area (Å²) in [5.74, 6) is -2.97. The van der Waals surface area contributed by atoms with Crippen LogP contribution in [0, 0.1) is 5.92 Å². The SMILES string of the molecule is CC(CC(=O)O)CC(=O)NC(C(=O)O)c1ccccc1. The number of carbonyl (C=O) groups is 3. The summed E-state index contributed by atoms with van der Waals surface area (Å²) >= 11 is 0. The van der Waals surface area contributed by atoms with Gasteiger partial charge in [-0.3, -0.25) is 9.59 Å². The van der Waals surface area contributed by atoms with E-state index >= 15 is 0 Å². The fourth-order valence-electron chi connectivity index (χ4n) is 1.84. The number of benzene rings is 1. The molecule has 1 aromatic rings. The van der Waals surface area contributed by atoms with Gasteiger partial charge in [0.15, 0.2) is 6.04 Å². The monoisotopic (exact) mass is 279 g/mol. The van der Waals surface area contributed by atoms with Crippen molar-refractivity contribution in [3.8, 4) is 0 Å². The molecule has 6 nitrogen and oxygen atoms in total. The van der Waals surface area contributed by atoms with Crippen LogP contribution >= 0.6 is 0 Å². The summed E-state index contributed by atoms with van der Waals surface area (Å²) in [5.41, 5.74) is 0.472. The molecule has 2 unspecified atom stereocenters. The molecule has 2 atom stereocenters. The maximum atomic E-state index is 11.8. The molecular formula is C14H17NO5. The van der Waals surface area contributed by atoms with E-state index in [1.54, 1.807) is 37.3 Å². The molecule has 0 radical (unpaired) electrons. The van der Waals surface area contributed by atoms with E-state index in [1.165, 1.54) is 0 Å². The second-order valence-electron chi connectivity index (χ2n) is 4.66. The van der Waals surface area contributed by atoms with E-state index in [0.29, 0.717) is 5.56 Å². The lowest BCUT2D eigenvalue weighted by Crippen LogP contribution is -2.34. The van der Waals surface area contributed by atoms with E-state index in [4.69, 9.17) is 10.2 Å². The van der Waals surface area contributed by atoms with Crippen molar-refractivity contribution in [1.82, 2.24) is 5.32 Å². The minimum atomic E-state index is -1.16. The zero-order valence-electron chi connectivity index (χ0n) is 11.1. The molecule has 0 bridgehead atoms. The van der Waals surface area contributed by atoms with Gasteiger partial charge in [0.25, 0.3) is 0 Å². The van der Waals surface area contributed by atoms with Crippen LogP contribution in [0.15, 0.2) is 30.3 Å². The molecule has 1 aromatic carbocycles. The first-order valence-corrected chi connectivity index (χ1v) is 6.19. The molecule has 20 heavy (non-hydrogen) atoms. The molecule has 6 heteroatoms. The average Bonchev–Trinajstić information content (AvgIpc) is 2.35. The number of aliphatic carboxylic acids is 2. The van der Waals surface area contributed by atoms with E-state index in [0.717, 1.165) is 0 Å². The average molecular weight is 279 g/mol. The molecule has 3 N–H and O–H groups in total. The highest BCUT2D eigenvalue weighted by molar-refractivity contribution is 5.84. The largest absolute Gasteiger partial charge is 0.481 e. The summed E-state index contributed by atoms with van der Waals surface area (Å²) in [5, 5.41) is 20.2. The molecule has 108 valence electrons. The zero-order chi connectivity index (χ0) is 15.1. The molecule has 0 saturated carbocycles. The third kappa shape index (κ3) is 5.09. The maximum Gasteiger partial charge on any atom is 0.330 e. The van der Waals surface area contributed by atoms with Gasteiger partial charge < -0.3 is 15.5 Å². The minimum Gasteiger partial charge on any atom is -0.481 e. The van der Waals surface area contributed by atoms with Crippen molar-refractivity contribution in [3.05, 3.63) is 35.9 Å². The first-order chi connectivity index (χ1) is 9.40. The molecule has 0 aliphatic carbocycles. The van der Waals surface area contributed by atoms with Gasteiger partial charge in [0.1, 0.15) is 0 Å². The number of rotatable bonds is 7. The highest BCUT2D eigenvalue weighted by atomic mass is 16.4. The van der Waals surface area contributed by atoms with Gasteiger partial charge >= 0.3 is 11.9 Å². The van der Waals surface area contributed by atoms with Crippen LogP contribution in [-0.4, -0.2) is 28.1 Å². The summed E-state index contributed by atoms with van der Waals surface area (Å²) in [6, 6.07) is 7.22.